The van der Waals surface area contributed by atoms with Crippen LogP contribution in [-0.4, -0.2) is 44.6 Å². The highest BCUT2D eigenvalue weighted by molar-refractivity contribution is 7.91. The molecule has 0 spiro atoms. The second kappa shape index (κ2) is 8.23. The Bertz CT molecular complexity index is 897. The first-order valence-corrected chi connectivity index (χ1v) is 11.0. The molecule has 0 unspecified atom stereocenters. The van der Waals surface area contributed by atoms with Crippen LogP contribution in [0.3, 0.4) is 0 Å². The number of likely N-dealkylation sites (tertiary alicyclic amines) is 1. The van der Waals surface area contributed by atoms with Crippen molar-refractivity contribution in [1.29, 1.82) is 0 Å². The molecule has 0 aliphatic carbocycles. The fourth-order valence-electron chi connectivity index (χ4n) is 3.82. The molecule has 1 aliphatic heterocycles. The molecule has 0 saturated carbocycles. The molecule has 1 aliphatic rings. The van der Waals surface area contributed by atoms with Crippen LogP contribution >= 0.6 is 0 Å². The van der Waals surface area contributed by atoms with Crippen molar-refractivity contribution >= 4 is 15.7 Å². The Morgan fingerprint density at radius 3 is 2.41 bits per heavy atom. The lowest BCUT2D eigenvalue weighted by Crippen LogP contribution is -2.31. The zero-order chi connectivity index (χ0) is 19.4. The van der Waals surface area contributed by atoms with E-state index >= 15 is 0 Å². The molecule has 6 heteroatoms. The minimum atomic E-state index is -3.47. The molecule has 2 aromatic carbocycles. The van der Waals surface area contributed by atoms with E-state index in [1.165, 1.54) is 6.07 Å². The van der Waals surface area contributed by atoms with E-state index in [1.807, 2.05) is 25.1 Å². The van der Waals surface area contributed by atoms with E-state index in [4.69, 9.17) is 5.73 Å². The Hall–Kier alpha value is -2.18. The van der Waals surface area contributed by atoms with E-state index in [9.17, 15) is 13.2 Å². The zero-order valence-electron chi connectivity index (χ0n) is 15.5. The SMILES string of the molecule is CCCS(=O)(=O)c1ccccc1C(=O)N1C[C@@H](CN)[C@H](c2ccccc2)C1. The summed E-state index contributed by atoms with van der Waals surface area (Å²) in [6.07, 6.45) is 0.514. The standard InChI is InChI=1S/C21H26N2O3S/c1-2-12-27(25,26)20-11-7-6-10-18(20)21(24)23-14-17(13-22)19(15-23)16-8-4-3-5-9-16/h3-11,17,19H,2,12-15,22H2,1H3/t17-,19+/m1/s1. The predicted molar refractivity (Wildman–Crippen MR) is 106 cm³/mol. The van der Waals surface area contributed by atoms with Crippen LogP contribution in [0.15, 0.2) is 59.5 Å². The van der Waals surface area contributed by atoms with Gasteiger partial charge in [0.1, 0.15) is 0 Å². The van der Waals surface area contributed by atoms with E-state index in [0.717, 1.165) is 5.56 Å². The zero-order valence-corrected chi connectivity index (χ0v) is 16.4. The number of hydrogen-bond donors (Lipinski definition) is 1. The summed E-state index contributed by atoms with van der Waals surface area (Å²) in [4.78, 5) is 15.1. The summed E-state index contributed by atoms with van der Waals surface area (Å²) in [6, 6.07) is 16.6. The van der Waals surface area contributed by atoms with Crippen molar-refractivity contribution in [2.24, 2.45) is 11.7 Å². The summed E-state index contributed by atoms with van der Waals surface area (Å²) in [5.41, 5.74) is 7.39. The summed E-state index contributed by atoms with van der Waals surface area (Å²) in [5.74, 6) is 0.132. The molecule has 0 bridgehead atoms. The summed E-state index contributed by atoms with van der Waals surface area (Å²) >= 11 is 0. The smallest absolute Gasteiger partial charge is 0.255 e. The average molecular weight is 387 g/mol. The lowest BCUT2D eigenvalue weighted by Gasteiger charge is -2.18. The normalized spacial score (nSPS) is 20.0. The van der Waals surface area contributed by atoms with E-state index in [2.05, 4.69) is 12.1 Å². The van der Waals surface area contributed by atoms with Gasteiger partial charge >= 0.3 is 0 Å². The lowest BCUT2D eigenvalue weighted by molar-refractivity contribution is 0.0782. The molecule has 1 saturated heterocycles. The highest BCUT2D eigenvalue weighted by Gasteiger charge is 2.36. The molecule has 2 atom stereocenters. The topological polar surface area (TPSA) is 80.5 Å². The van der Waals surface area contributed by atoms with Crippen LogP contribution in [0.1, 0.15) is 35.2 Å². The number of carbonyl (C=O) groups is 1. The quantitative estimate of drug-likeness (QED) is 0.828. The molecular formula is C21H26N2O3S. The van der Waals surface area contributed by atoms with Gasteiger partial charge in [-0.05, 0) is 36.6 Å². The number of nitrogens with zero attached hydrogens (tertiary/aromatic N) is 1. The highest BCUT2D eigenvalue weighted by atomic mass is 32.2. The molecule has 5 nitrogen and oxygen atoms in total. The van der Waals surface area contributed by atoms with Gasteiger partial charge in [-0.2, -0.15) is 0 Å². The fraction of sp³-hybridized carbons (Fsp3) is 0.381. The van der Waals surface area contributed by atoms with Crippen molar-refractivity contribution in [3.8, 4) is 0 Å². The van der Waals surface area contributed by atoms with Crippen molar-refractivity contribution in [2.75, 3.05) is 25.4 Å². The number of nitrogens with two attached hydrogens (primary N) is 1. The molecule has 1 heterocycles. The second-order valence-electron chi connectivity index (χ2n) is 7.04. The predicted octanol–water partition coefficient (Wildman–Crippen LogP) is 2.68. The molecule has 2 N–H and O–H groups in total. The van der Waals surface area contributed by atoms with Crippen LogP contribution in [0.4, 0.5) is 0 Å². The molecule has 1 amide bonds. The minimum absolute atomic E-state index is 0.0371. The van der Waals surface area contributed by atoms with Crippen molar-refractivity contribution in [3.05, 3.63) is 65.7 Å². The largest absolute Gasteiger partial charge is 0.338 e. The van der Waals surface area contributed by atoms with Crippen molar-refractivity contribution in [2.45, 2.75) is 24.2 Å². The first-order chi connectivity index (χ1) is 13.0. The molecule has 2 aromatic rings. The van der Waals surface area contributed by atoms with Crippen LogP contribution in [0.2, 0.25) is 0 Å². The van der Waals surface area contributed by atoms with Gasteiger partial charge in [0.05, 0.1) is 16.2 Å². The first-order valence-electron chi connectivity index (χ1n) is 9.34. The van der Waals surface area contributed by atoms with E-state index in [0.29, 0.717) is 26.1 Å². The number of benzene rings is 2. The van der Waals surface area contributed by atoms with Gasteiger partial charge in [0, 0.05) is 19.0 Å². The number of sulfone groups is 1. The molecular weight excluding hydrogens is 360 g/mol. The van der Waals surface area contributed by atoms with Gasteiger partial charge < -0.3 is 10.6 Å². The van der Waals surface area contributed by atoms with Gasteiger partial charge in [-0.15, -0.1) is 0 Å². The Morgan fingerprint density at radius 2 is 1.74 bits per heavy atom. The summed E-state index contributed by atoms with van der Waals surface area (Å²) in [5, 5.41) is 0. The van der Waals surface area contributed by atoms with Gasteiger partial charge in [0.2, 0.25) is 0 Å². The van der Waals surface area contributed by atoms with Crippen molar-refractivity contribution in [3.63, 3.8) is 0 Å². The van der Waals surface area contributed by atoms with Crippen LogP contribution in [0, 0.1) is 5.92 Å². The van der Waals surface area contributed by atoms with Gasteiger partial charge in [-0.1, -0.05) is 49.4 Å². The monoisotopic (exact) mass is 386 g/mol. The lowest BCUT2D eigenvalue weighted by atomic mass is 9.89. The minimum Gasteiger partial charge on any atom is -0.338 e. The number of amides is 1. The third-order valence-corrected chi connectivity index (χ3v) is 7.16. The Balaban J connectivity index is 1.89. The van der Waals surface area contributed by atoms with Crippen LogP contribution in [0.25, 0.3) is 0 Å². The number of hydrogen-bond acceptors (Lipinski definition) is 4. The van der Waals surface area contributed by atoms with Crippen LogP contribution < -0.4 is 5.73 Å². The van der Waals surface area contributed by atoms with E-state index < -0.39 is 9.84 Å². The van der Waals surface area contributed by atoms with E-state index in [-0.39, 0.29) is 34.0 Å². The molecule has 0 aromatic heterocycles. The Kier molecular flexibility index (Phi) is 5.97. The maximum absolute atomic E-state index is 13.2. The van der Waals surface area contributed by atoms with Gasteiger partial charge in [0.15, 0.2) is 9.84 Å². The summed E-state index contributed by atoms with van der Waals surface area (Å²) < 4.78 is 25.2. The molecule has 27 heavy (non-hydrogen) atoms. The second-order valence-corrected chi connectivity index (χ2v) is 9.12. The van der Waals surface area contributed by atoms with E-state index in [1.54, 1.807) is 23.1 Å². The molecule has 0 radical (unpaired) electrons. The van der Waals surface area contributed by atoms with Crippen molar-refractivity contribution < 1.29 is 13.2 Å². The highest BCUT2D eigenvalue weighted by Crippen LogP contribution is 2.33. The molecule has 3 rings (SSSR count). The average Bonchev–Trinajstić information content (AvgIpc) is 3.12. The van der Waals surface area contributed by atoms with Crippen molar-refractivity contribution in [1.82, 2.24) is 4.90 Å². The third-order valence-electron chi connectivity index (χ3n) is 5.18. The Morgan fingerprint density at radius 1 is 1.07 bits per heavy atom. The maximum Gasteiger partial charge on any atom is 0.255 e. The Labute approximate surface area is 161 Å². The summed E-state index contributed by atoms with van der Waals surface area (Å²) in [6.45, 7) is 3.39. The van der Waals surface area contributed by atoms with Gasteiger partial charge in [-0.3, -0.25) is 4.79 Å². The first kappa shape index (κ1) is 19.6. The molecule has 1 fully saturated rings. The number of carbonyl (C=O) groups excluding carboxylic acids is 1. The van der Waals surface area contributed by atoms with Crippen LogP contribution in [-0.2, 0) is 9.84 Å². The fourth-order valence-corrected chi connectivity index (χ4v) is 5.35. The maximum atomic E-state index is 13.2. The number of rotatable bonds is 6. The van der Waals surface area contributed by atoms with Gasteiger partial charge in [-0.25, -0.2) is 8.42 Å². The molecule has 144 valence electrons. The summed E-state index contributed by atoms with van der Waals surface area (Å²) in [7, 11) is -3.47. The van der Waals surface area contributed by atoms with Gasteiger partial charge in [0.25, 0.3) is 5.91 Å². The third kappa shape index (κ3) is 4.06. The van der Waals surface area contributed by atoms with Crippen LogP contribution in [0.5, 0.6) is 0 Å².